The van der Waals surface area contributed by atoms with Gasteiger partial charge in [0.1, 0.15) is 0 Å². The third-order valence-corrected chi connectivity index (χ3v) is 1.63. The molecule has 0 aromatic heterocycles. The zero-order valence-electron chi connectivity index (χ0n) is 7.37. The van der Waals surface area contributed by atoms with Gasteiger partial charge in [-0.25, -0.2) is 0 Å². The fourth-order valence-corrected chi connectivity index (χ4v) is 0.900. The summed E-state index contributed by atoms with van der Waals surface area (Å²) in [5, 5.41) is 9.08. The highest BCUT2D eigenvalue weighted by molar-refractivity contribution is 5.26. The number of hydrogen-bond donors (Lipinski definition) is 1. The molecule has 1 aromatic carbocycles. The SMILES string of the molecule is CC#CCc1ccc(O)c(=O)cc1. The Morgan fingerprint density at radius 3 is 2.69 bits per heavy atom. The zero-order valence-corrected chi connectivity index (χ0v) is 7.37. The molecule has 0 heterocycles. The van der Waals surface area contributed by atoms with E-state index < -0.39 is 0 Å². The highest BCUT2D eigenvalue weighted by Crippen LogP contribution is 2.01. The van der Waals surface area contributed by atoms with Crippen LogP contribution in [0, 0.1) is 11.8 Å². The van der Waals surface area contributed by atoms with Crippen molar-refractivity contribution in [1.82, 2.24) is 0 Å². The fourth-order valence-electron chi connectivity index (χ4n) is 0.900. The van der Waals surface area contributed by atoms with E-state index in [0.717, 1.165) is 5.56 Å². The molecule has 0 unspecified atom stereocenters. The third-order valence-electron chi connectivity index (χ3n) is 1.63. The lowest BCUT2D eigenvalue weighted by molar-refractivity contribution is 0.471. The summed E-state index contributed by atoms with van der Waals surface area (Å²) in [7, 11) is 0. The Kier molecular flexibility index (Phi) is 3.10. The molecule has 0 radical (unpaired) electrons. The monoisotopic (exact) mass is 174 g/mol. The van der Waals surface area contributed by atoms with Crippen LogP contribution in [0.15, 0.2) is 29.1 Å². The zero-order chi connectivity index (χ0) is 9.68. The van der Waals surface area contributed by atoms with Crippen molar-refractivity contribution in [3.05, 3.63) is 40.1 Å². The predicted octanol–water partition coefficient (Wildman–Crippen LogP) is 1.32. The molecule has 0 saturated carbocycles. The third kappa shape index (κ3) is 2.64. The lowest BCUT2D eigenvalue weighted by atomic mass is 10.2. The van der Waals surface area contributed by atoms with Crippen molar-refractivity contribution in [2.45, 2.75) is 13.3 Å². The van der Waals surface area contributed by atoms with Crippen LogP contribution in [0.5, 0.6) is 5.75 Å². The van der Waals surface area contributed by atoms with Crippen LogP contribution in [-0.2, 0) is 6.42 Å². The van der Waals surface area contributed by atoms with E-state index >= 15 is 0 Å². The Bertz CT molecular complexity index is 410. The minimum Gasteiger partial charge on any atom is -0.504 e. The summed E-state index contributed by atoms with van der Waals surface area (Å²) in [6.07, 6.45) is 0.601. The summed E-state index contributed by atoms with van der Waals surface area (Å²) in [5.41, 5.74) is 0.558. The molecule has 13 heavy (non-hydrogen) atoms. The summed E-state index contributed by atoms with van der Waals surface area (Å²) in [6.45, 7) is 1.76. The van der Waals surface area contributed by atoms with Gasteiger partial charge in [-0.3, -0.25) is 4.79 Å². The van der Waals surface area contributed by atoms with Crippen molar-refractivity contribution >= 4 is 0 Å². The van der Waals surface area contributed by atoms with E-state index in [9.17, 15) is 4.79 Å². The molecule has 0 spiro atoms. The van der Waals surface area contributed by atoms with E-state index in [1.807, 2.05) is 0 Å². The minimum atomic E-state index is -0.365. The topological polar surface area (TPSA) is 37.3 Å². The molecule has 2 nitrogen and oxygen atoms in total. The maximum Gasteiger partial charge on any atom is 0.220 e. The molecule has 2 heteroatoms. The maximum absolute atomic E-state index is 11.0. The van der Waals surface area contributed by atoms with E-state index in [2.05, 4.69) is 11.8 Å². The molecule has 1 N–H and O–H groups in total. The van der Waals surface area contributed by atoms with Crippen molar-refractivity contribution < 1.29 is 5.11 Å². The van der Waals surface area contributed by atoms with Crippen LogP contribution < -0.4 is 5.43 Å². The second-order valence-electron chi connectivity index (χ2n) is 2.59. The molecule has 0 aliphatic carbocycles. The van der Waals surface area contributed by atoms with Crippen molar-refractivity contribution in [1.29, 1.82) is 0 Å². The molecular weight excluding hydrogens is 164 g/mol. The first kappa shape index (κ1) is 9.34. The molecule has 0 saturated heterocycles. The largest absolute Gasteiger partial charge is 0.504 e. The quantitative estimate of drug-likeness (QED) is 0.652. The van der Waals surface area contributed by atoms with E-state index in [0.29, 0.717) is 6.42 Å². The second kappa shape index (κ2) is 4.32. The van der Waals surface area contributed by atoms with Gasteiger partial charge in [-0.1, -0.05) is 18.1 Å². The van der Waals surface area contributed by atoms with Crippen molar-refractivity contribution in [3.63, 3.8) is 0 Å². The Morgan fingerprint density at radius 2 is 2.00 bits per heavy atom. The first-order valence-electron chi connectivity index (χ1n) is 3.96. The number of aromatic hydroxyl groups is 1. The molecule has 66 valence electrons. The molecular formula is C11H10O2. The van der Waals surface area contributed by atoms with Gasteiger partial charge in [0.25, 0.3) is 0 Å². The van der Waals surface area contributed by atoms with Gasteiger partial charge in [-0.05, 0) is 24.6 Å². The highest BCUT2D eigenvalue weighted by Gasteiger charge is 1.92. The molecule has 1 aromatic rings. The van der Waals surface area contributed by atoms with Crippen LogP contribution in [0.1, 0.15) is 12.5 Å². The minimum absolute atomic E-state index is 0.226. The van der Waals surface area contributed by atoms with Gasteiger partial charge in [0.05, 0.1) is 0 Å². The van der Waals surface area contributed by atoms with Crippen LogP contribution in [0.2, 0.25) is 0 Å². The van der Waals surface area contributed by atoms with Crippen LogP contribution >= 0.6 is 0 Å². The van der Waals surface area contributed by atoms with Crippen molar-refractivity contribution in [3.8, 4) is 17.6 Å². The predicted molar refractivity (Wildman–Crippen MR) is 51.5 cm³/mol. The second-order valence-corrected chi connectivity index (χ2v) is 2.59. The summed E-state index contributed by atoms with van der Waals surface area (Å²) in [5.74, 6) is 5.42. The van der Waals surface area contributed by atoms with Gasteiger partial charge in [0.2, 0.25) is 5.43 Å². The van der Waals surface area contributed by atoms with Gasteiger partial charge >= 0.3 is 0 Å². The molecule has 0 aliphatic heterocycles. The molecule has 0 bridgehead atoms. The van der Waals surface area contributed by atoms with Gasteiger partial charge in [-0.2, -0.15) is 0 Å². The summed E-state index contributed by atoms with van der Waals surface area (Å²) < 4.78 is 0. The van der Waals surface area contributed by atoms with Crippen LogP contribution in [-0.4, -0.2) is 5.11 Å². The van der Waals surface area contributed by atoms with Gasteiger partial charge in [0, 0.05) is 6.42 Å². The average Bonchev–Trinajstić information content (AvgIpc) is 2.29. The van der Waals surface area contributed by atoms with Crippen LogP contribution in [0.3, 0.4) is 0 Å². The summed E-state index contributed by atoms with van der Waals surface area (Å²) >= 11 is 0. The molecule has 0 atom stereocenters. The average molecular weight is 174 g/mol. The molecule has 0 amide bonds. The lowest BCUT2D eigenvalue weighted by Crippen LogP contribution is -1.91. The first-order chi connectivity index (χ1) is 6.24. The highest BCUT2D eigenvalue weighted by atomic mass is 16.3. The summed E-state index contributed by atoms with van der Waals surface area (Å²) in [4.78, 5) is 11.0. The maximum atomic E-state index is 11.0. The molecule has 0 aliphatic rings. The van der Waals surface area contributed by atoms with Crippen LogP contribution in [0.25, 0.3) is 0 Å². The fraction of sp³-hybridized carbons (Fsp3) is 0.182. The Balaban J connectivity index is 3.06. The van der Waals surface area contributed by atoms with Gasteiger partial charge in [-0.15, -0.1) is 5.92 Å². The summed E-state index contributed by atoms with van der Waals surface area (Å²) in [6, 6.07) is 6.12. The smallest absolute Gasteiger partial charge is 0.220 e. The van der Waals surface area contributed by atoms with E-state index in [-0.39, 0.29) is 11.2 Å². The first-order valence-corrected chi connectivity index (χ1v) is 3.96. The molecule has 1 rings (SSSR count). The van der Waals surface area contributed by atoms with Gasteiger partial charge in [0.15, 0.2) is 5.75 Å². The van der Waals surface area contributed by atoms with Crippen molar-refractivity contribution in [2.24, 2.45) is 0 Å². The van der Waals surface area contributed by atoms with Crippen molar-refractivity contribution in [2.75, 3.05) is 0 Å². The number of rotatable bonds is 1. The Hall–Kier alpha value is -1.75. The standard InChI is InChI=1S/C11H10O2/c1-2-3-4-9-5-7-10(12)11(13)8-6-9/h5-8H,4H2,1H3,(H,12,13). The Labute approximate surface area is 76.9 Å². The van der Waals surface area contributed by atoms with E-state index in [1.165, 1.54) is 12.1 Å². The number of hydrogen-bond acceptors (Lipinski definition) is 2. The van der Waals surface area contributed by atoms with Crippen LogP contribution in [0.4, 0.5) is 0 Å². The normalized spacial score (nSPS) is 8.69. The lowest BCUT2D eigenvalue weighted by Gasteiger charge is -1.85. The Morgan fingerprint density at radius 1 is 1.31 bits per heavy atom. The van der Waals surface area contributed by atoms with E-state index in [4.69, 9.17) is 5.11 Å². The van der Waals surface area contributed by atoms with Gasteiger partial charge < -0.3 is 5.11 Å². The van der Waals surface area contributed by atoms with E-state index in [1.54, 1.807) is 19.1 Å². The molecule has 0 fully saturated rings.